The lowest BCUT2D eigenvalue weighted by Crippen LogP contribution is -2.00. The zero-order valence-corrected chi connectivity index (χ0v) is 11.1. The number of hydrogen-bond donors (Lipinski definition) is 2. The molecule has 0 atom stereocenters. The SMILES string of the molecule is Nc1cc(I)c(F)cc1Nc1cc(F)ccc1F. The van der Waals surface area contributed by atoms with E-state index in [9.17, 15) is 13.2 Å². The summed E-state index contributed by atoms with van der Waals surface area (Å²) in [6.07, 6.45) is 0. The Labute approximate surface area is 115 Å². The van der Waals surface area contributed by atoms with E-state index in [1.54, 1.807) is 22.6 Å². The number of nitrogen functional groups attached to an aromatic ring is 1. The molecular weight excluding hydrogens is 356 g/mol. The molecule has 2 rings (SSSR count). The number of rotatable bonds is 2. The van der Waals surface area contributed by atoms with E-state index in [2.05, 4.69) is 5.32 Å². The molecule has 6 heteroatoms. The summed E-state index contributed by atoms with van der Waals surface area (Å²) in [5.41, 5.74) is 6.03. The van der Waals surface area contributed by atoms with E-state index >= 15 is 0 Å². The van der Waals surface area contributed by atoms with Gasteiger partial charge in [0.05, 0.1) is 20.6 Å². The van der Waals surface area contributed by atoms with Gasteiger partial charge in [0.15, 0.2) is 0 Å². The number of nitrogens with one attached hydrogen (secondary N) is 1. The lowest BCUT2D eigenvalue weighted by Gasteiger charge is -2.11. The van der Waals surface area contributed by atoms with Gasteiger partial charge in [-0.3, -0.25) is 0 Å². The topological polar surface area (TPSA) is 38.0 Å². The van der Waals surface area contributed by atoms with Crippen LogP contribution in [0.3, 0.4) is 0 Å². The monoisotopic (exact) mass is 364 g/mol. The summed E-state index contributed by atoms with van der Waals surface area (Å²) < 4.78 is 40.1. The Balaban J connectivity index is 2.40. The smallest absolute Gasteiger partial charge is 0.146 e. The van der Waals surface area contributed by atoms with Crippen LogP contribution in [0.5, 0.6) is 0 Å². The molecule has 0 radical (unpaired) electrons. The third-order valence-electron chi connectivity index (χ3n) is 2.29. The van der Waals surface area contributed by atoms with Crippen LogP contribution in [0.15, 0.2) is 30.3 Å². The molecule has 0 saturated heterocycles. The standard InChI is InChI=1S/C12H8F3IN2/c13-6-1-2-7(14)11(3-6)18-12-4-8(15)9(16)5-10(12)17/h1-5,18H,17H2. The van der Waals surface area contributed by atoms with E-state index in [0.717, 1.165) is 24.3 Å². The highest BCUT2D eigenvalue weighted by Gasteiger charge is 2.09. The van der Waals surface area contributed by atoms with Crippen LogP contribution < -0.4 is 11.1 Å². The maximum atomic E-state index is 13.4. The molecule has 0 aliphatic rings. The van der Waals surface area contributed by atoms with Crippen LogP contribution in [0.1, 0.15) is 0 Å². The Kier molecular flexibility index (Phi) is 3.65. The van der Waals surface area contributed by atoms with E-state index in [0.29, 0.717) is 3.57 Å². The van der Waals surface area contributed by atoms with Gasteiger partial charge in [-0.05, 0) is 40.8 Å². The predicted octanol–water partition coefficient (Wildman–Crippen LogP) is 4.03. The van der Waals surface area contributed by atoms with Crippen LogP contribution in [-0.4, -0.2) is 0 Å². The molecule has 18 heavy (non-hydrogen) atoms. The molecule has 0 amide bonds. The first-order valence-corrected chi connectivity index (χ1v) is 6.02. The van der Waals surface area contributed by atoms with E-state index in [1.165, 1.54) is 6.07 Å². The normalized spacial score (nSPS) is 10.4. The van der Waals surface area contributed by atoms with Crippen LogP contribution in [0.4, 0.5) is 30.2 Å². The van der Waals surface area contributed by atoms with Crippen molar-refractivity contribution in [2.45, 2.75) is 0 Å². The number of nitrogens with two attached hydrogens (primary N) is 1. The fourth-order valence-electron chi connectivity index (χ4n) is 1.41. The Bertz CT molecular complexity index is 602. The van der Waals surface area contributed by atoms with Gasteiger partial charge in [-0.2, -0.15) is 0 Å². The van der Waals surface area contributed by atoms with E-state index in [1.807, 2.05) is 0 Å². The molecule has 2 aromatic carbocycles. The van der Waals surface area contributed by atoms with Gasteiger partial charge in [0.1, 0.15) is 17.5 Å². The van der Waals surface area contributed by atoms with E-state index < -0.39 is 17.5 Å². The van der Waals surface area contributed by atoms with E-state index in [-0.39, 0.29) is 17.1 Å². The van der Waals surface area contributed by atoms with Gasteiger partial charge in [-0.15, -0.1) is 0 Å². The summed E-state index contributed by atoms with van der Waals surface area (Å²) in [6, 6.07) is 5.51. The summed E-state index contributed by atoms with van der Waals surface area (Å²) in [5, 5.41) is 2.57. The number of hydrogen-bond acceptors (Lipinski definition) is 2. The van der Waals surface area contributed by atoms with Crippen molar-refractivity contribution >= 4 is 39.7 Å². The highest BCUT2D eigenvalue weighted by Crippen LogP contribution is 2.28. The highest BCUT2D eigenvalue weighted by molar-refractivity contribution is 14.1. The first-order valence-electron chi connectivity index (χ1n) is 4.94. The second-order valence-electron chi connectivity index (χ2n) is 3.60. The minimum absolute atomic E-state index is 0.0951. The maximum Gasteiger partial charge on any atom is 0.146 e. The molecule has 94 valence electrons. The lowest BCUT2D eigenvalue weighted by atomic mass is 10.2. The van der Waals surface area contributed by atoms with Crippen LogP contribution in [0.25, 0.3) is 0 Å². The molecule has 0 spiro atoms. The van der Waals surface area contributed by atoms with Gasteiger partial charge < -0.3 is 11.1 Å². The van der Waals surface area contributed by atoms with Crippen molar-refractivity contribution in [1.29, 1.82) is 0 Å². The van der Waals surface area contributed by atoms with Crippen molar-refractivity contribution in [2.75, 3.05) is 11.1 Å². The molecule has 0 aliphatic heterocycles. The fourth-order valence-corrected chi connectivity index (χ4v) is 1.90. The fraction of sp³-hybridized carbons (Fsp3) is 0. The molecule has 2 nitrogen and oxygen atoms in total. The molecule has 0 aliphatic carbocycles. The first-order chi connectivity index (χ1) is 8.47. The first kappa shape index (κ1) is 13.0. The Hall–Kier alpha value is -1.44. The van der Waals surface area contributed by atoms with Crippen LogP contribution >= 0.6 is 22.6 Å². The van der Waals surface area contributed by atoms with Gasteiger partial charge in [-0.25, -0.2) is 13.2 Å². The molecule has 0 saturated carbocycles. The average molecular weight is 364 g/mol. The molecule has 2 aromatic rings. The minimum Gasteiger partial charge on any atom is -0.397 e. The van der Waals surface area contributed by atoms with Crippen LogP contribution in [0.2, 0.25) is 0 Å². The number of benzene rings is 2. The van der Waals surface area contributed by atoms with Gasteiger partial charge in [0.2, 0.25) is 0 Å². The lowest BCUT2D eigenvalue weighted by molar-refractivity contribution is 0.603. The van der Waals surface area contributed by atoms with Crippen molar-refractivity contribution in [3.63, 3.8) is 0 Å². The highest BCUT2D eigenvalue weighted by atomic mass is 127. The minimum atomic E-state index is -0.644. The molecule has 0 bridgehead atoms. The number of anilines is 3. The largest absolute Gasteiger partial charge is 0.397 e. The summed E-state index contributed by atoms with van der Waals surface area (Å²) in [5.74, 6) is -1.72. The molecular formula is C12H8F3IN2. The van der Waals surface area contributed by atoms with Gasteiger partial charge in [-0.1, -0.05) is 0 Å². The van der Waals surface area contributed by atoms with Crippen molar-refractivity contribution in [2.24, 2.45) is 0 Å². The Morgan fingerprint density at radius 1 is 0.944 bits per heavy atom. The van der Waals surface area contributed by atoms with Crippen molar-refractivity contribution in [3.05, 3.63) is 51.4 Å². The third-order valence-corrected chi connectivity index (χ3v) is 3.12. The molecule has 0 heterocycles. The van der Waals surface area contributed by atoms with Crippen molar-refractivity contribution in [3.8, 4) is 0 Å². The van der Waals surface area contributed by atoms with Gasteiger partial charge in [0, 0.05) is 12.1 Å². The second kappa shape index (κ2) is 5.05. The number of halogens is 4. The van der Waals surface area contributed by atoms with Crippen molar-refractivity contribution < 1.29 is 13.2 Å². The molecule has 0 aromatic heterocycles. The Morgan fingerprint density at radius 2 is 1.67 bits per heavy atom. The summed E-state index contributed by atoms with van der Waals surface area (Å²) in [7, 11) is 0. The zero-order valence-electron chi connectivity index (χ0n) is 8.98. The van der Waals surface area contributed by atoms with Crippen LogP contribution in [-0.2, 0) is 0 Å². The average Bonchev–Trinajstić information content (AvgIpc) is 2.30. The zero-order chi connectivity index (χ0) is 13.3. The molecule has 0 fully saturated rings. The maximum absolute atomic E-state index is 13.4. The molecule has 0 unspecified atom stereocenters. The van der Waals surface area contributed by atoms with E-state index in [4.69, 9.17) is 5.73 Å². The van der Waals surface area contributed by atoms with Crippen molar-refractivity contribution in [1.82, 2.24) is 0 Å². The van der Waals surface area contributed by atoms with Gasteiger partial charge in [0.25, 0.3) is 0 Å². The van der Waals surface area contributed by atoms with Gasteiger partial charge >= 0.3 is 0 Å². The summed E-state index contributed by atoms with van der Waals surface area (Å²) >= 11 is 1.79. The summed E-state index contributed by atoms with van der Waals surface area (Å²) in [6.45, 7) is 0. The molecule has 3 N–H and O–H groups in total. The Morgan fingerprint density at radius 3 is 2.39 bits per heavy atom. The quantitative estimate of drug-likeness (QED) is 0.624. The van der Waals surface area contributed by atoms with Crippen LogP contribution in [0, 0.1) is 21.0 Å². The third kappa shape index (κ3) is 2.69. The predicted molar refractivity (Wildman–Crippen MR) is 73.2 cm³/mol. The summed E-state index contributed by atoms with van der Waals surface area (Å²) in [4.78, 5) is 0. The second-order valence-corrected chi connectivity index (χ2v) is 4.76.